The molecule has 0 saturated carbocycles. The first-order chi connectivity index (χ1) is 14.2. The summed E-state index contributed by atoms with van der Waals surface area (Å²) in [5.41, 5.74) is 1.71. The third-order valence-electron chi connectivity index (χ3n) is 4.39. The summed E-state index contributed by atoms with van der Waals surface area (Å²) < 4.78 is 28.7. The van der Waals surface area contributed by atoms with Gasteiger partial charge in [-0.3, -0.25) is 19.2 Å². The van der Waals surface area contributed by atoms with Crippen LogP contribution in [0.5, 0.6) is 0 Å². The molecule has 0 bridgehead atoms. The lowest BCUT2D eigenvalue weighted by molar-refractivity contribution is 0.201. The summed E-state index contributed by atoms with van der Waals surface area (Å²) in [6, 6.07) is 9.49. The maximum Gasteiger partial charge on any atom is 0.419 e. The Labute approximate surface area is 170 Å². The van der Waals surface area contributed by atoms with Crippen molar-refractivity contribution in [2.24, 2.45) is 7.05 Å². The molecular weight excluding hydrogens is 410 g/mol. The predicted octanol–water partition coefficient (Wildman–Crippen LogP) is 2.07. The molecule has 0 unspecified atom stereocenters. The number of fused-ring (bicyclic) bond motifs is 2. The zero-order chi connectivity index (χ0) is 21.5. The molecule has 0 fully saturated rings. The monoisotopic (exact) mass is 425 g/mol. The molecule has 0 radical (unpaired) electrons. The summed E-state index contributed by atoms with van der Waals surface area (Å²) in [4.78, 5) is 28.2. The molecule has 2 heterocycles. The van der Waals surface area contributed by atoms with Crippen molar-refractivity contribution < 1.29 is 18.3 Å². The maximum absolute atomic E-state index is 13.2. The van der Waals surface area contributed by atoms with Gasteiger partial charge in [0.2, 0.25) is 0 Å². The summed E-state index contributed by atoms with van der Waals surface area (Å²) in [7, 11) is -2.55. The lowest BCUT2D eigenvalue weighted by Gasteiger charge is -2.07. The van der Waals surface area contributed by atoms with Gasteiger partial charge in [0.05, 0.1) is 17.4 Å². The van der Waals surface area contributed by atoms with Crippen LogP contribution < -0.4 is 14.9 Å². The Morgan fingerprint density at radius 2 is 1.83 bits per heavy atom. The standard InChI is InChI=1S/C19H15N5O5S/c1-24-10-13(9-21-24)12-6-16-17(20-8-12)5-3-11-2-4-14(7-15(11)18(16)25)22-30(28,29)23-19(26)27/h2-10,22-23H,1H3,(H,26,27). The number of aromatic nitrogens is 3. The number of amides is 1. The van der Waals surface area contributed by atoms with Crippen molar-refractivity contribution in [2.45, 2.75) is 0 Å². The molecule has 0 aliphatic heterocycles. The molecule has 30 heavy (non-hydrogen) atoms. The molecule has 3 N–H and O–H groups in total. The van der Waals surface area contributed by atoms with Gasteiger partial charge in [0.1, 0.15) is 0 Å². The van der Waals surface area contributed by atoms with Gasteiger partial charge in [-0.2, -0.15) is 13.5 Å². The van der Waals surface area contributed by atoms with Crippen molar-refractivity contribution in [3.63, 3.8) is 0 Å². The van der Waals surface area contributed by atoms with Crippen LogP contribution in [-0.4, -0.2) is 34.4 Å². The Kier molecular flexibility index (Phi) is 4.59. The number of hydrogen-bond acceptors (Lipinski definition) is 6. The van der Waals surface area contributed by atoms with Crippen molar-refractivity contribution in [2.75, 3.05) is 4.72 Å². The SMILES string of the molecule is Cn1cc(-c2cnc3ccc4ccc(NS(=O)(=O)NC(=O)O)cc4c(=O)c3c2)cn1. The highest BCUT2D eigenvalue weighted by Gasteiger charge is 2.14. The molecule has 2 aromatic carbocycles. The fourth-order valence-electron chi connectivity index (χ4n) is 3.09. The second kappa shape index (κ2) is 7.12. The van der Waals surface area contributed by atoms with E-state index in [-0.39, 0.29) is 16.5 Å². The summed E-state index contributed by atoms with van der Waals surface area (Å²) >= 11 is 0. The average molecular weight is 425 g/mol. The molecule has 0 aliphatic rings. The maximum atomic E-state index is 13.2. The van der Waals surface area contributed by atoms with Crippen molar-refractivity contribution >= 4 is 43.7 Å². The Morgan fingerprint density at radius 3 is 2.53 bits per heavy atom. The van der Waals surface area contributed by atoms with Crippen LogP contribution >= 0.6 is 0 Å². The minimum atomic E-state index is -4.34. The second-order valence-electron chi connectivity index (χ2n) is 6.54. The topological polar surface area (TPSA) is 143 Å². The number of pyridine rings is 1. The van der Waals surface area contributed by atoms with Crippen LogP contribution in [0.3, 0.4) is 0 Å². The van der Waals surface area contributed by atoms with Gasteiger partial charge in [-0.15, -0.1) is 0 Å². The molecule has 0 atom stereocenters. The van der Waals surface area contributed by atoms with E-state index in [9.17, 15) is 18.0 Å². The first-order valence-electron chi connectivity index (χ1n) is 8.61. The van der Waals surface area contributed by atoms with Crippen LogP contribution in [0, 0.1) is 0 Å². The minimum absolute atomic E-state index is 0.0454. The highest BCUT2D eigenvalue weighted by molar-refractivity contribution is 7.91. The molecule has 0 saturated heterocycles. The van der Waals surface area contributed by atoms with Crippen LogP contribution in [-0.2, 0) is 17.3 Å². The first kappa shape index (κ1) is 19.3. The van der Waals surface area contributed by atoms with Gasteiger partial charge in [-0.1, -0.05) is 12.1 Å². The smallest absolute Gasteiger partial charge is 0.419 e. The third-order valence-corrected chi connectivity index (χ3v) is 5.34. The molecule has 1 amide bonds. The fraction of sp³-hybridized carbons (Fsp3) is 0.0526. The second-order valence-corrected chi connectivity index (χ2v) is 7.95. The fourth-order valence-corrected chi connectivity index (χ4v) is 3.81. The first-order valence-corrected chi connectivity index (χ1v) is 10.1. The highest BCUT2D eigenvalue weighted by atomic mass is 32.2. The van der Waals surface area contributed by atoms with Crippen LogP contribution in [0.2, 0.25) is 0 Å². The van der Waals surface area contributed by atoms with Gasteiger partial charge < -0.3 is 5.11 Å². The molecule has 4 rings (SSSR count). The van der Waals surface area contributed by atoms with Crippen molar-refractivity contribution in [3.05, 3.63) is 65.2 Å². The Bertz CT molecular complexity index is 1480. The number of aryl methyl sites for hydroxylation is 1. The van der Waals surface area contributed by atoms with Crippen molar-refractivity contribution in [1.29, 1.82) is 0 Å². The zero-order valence-electron chi connectivity index (χ0n) is 15.5. The number of nitrogens with zero attached hydrogens (tertiary/aromatic N) is 3. The van der Waals surface area contributed by atoms with Crippen LogP contribution in [0.1, 0.15) is 0 Å². The lowest BCUT2D eigenvalue weighted by Crippen LogP contribution is -2.34. The van der Waals surface area contributed by atoms with E-state index in [0.717, 1.165) is 11.1 Å². The van der Waals surface area contributed by atoms with Gasteiger partial charge in [0.15, 0.2) is 5.43 Å². The van der Waals surface area contributed by atoms with Gasteiger partial charge in [-0.05, 0) is 29.7 Å². The quantitative estimate of drug-likeness (QED) is 0.454. The molecule has 4 aromatic rings. The number of anilines is 1. The van der Waals surface area contributed by atoms with Gasteiger partial charge in [0.25, 0.3) is 0 Å². The summed E-state index contributed by atoms with van der Waals surface area (Å²) in [6.07, 6.45) is 3.40. The van der Waals surface area contributed by atoms with E-state index < -0.39 is 16.3 Å². The molecule has 2 aromatic heterocycles. The van der Waals surface area contributed by atoms with Crippen molar-refractivity contribution in [1.82, 2.24) is 19.5 Å². The van der Waals surface area contributed by atoms with E-state index >= 15 is 0 Å². The number of rotatable bonds is 4. The van der Waals surface area contributed by atoms with E-state index in [4.69, 9.17) is 5.11 Å². The number of carbonyl (C=O) groups is 1. The van der Waals surface area contributed by atoms with Crippen LogP contribution in [0.25, 0.3) is 32.8 Å². The Balaban J connectivity index is 1.88. The Hall–Kier alpha value is -3.99. The largest absolute Gasteiger partial charge is 0.464 e. The van der Waals surface area contributed by atoms with Crippen LogP contribution in [0.4, 0.5) is 10.5 Å². The predicted molar refractivity (Wildman–Crippen MR) is 111 cm³/mol. The van der Waals surface area contributed by atoms with E-state index in [1.807, 2.05) is 0 Å². The number of carboxylic acid groups (broad SMARTS) is 1. The normalized spacial score (nSPS) is 11.5. The van der Waals surface area contributed by atoms with Gasteiger partial charge in [0, 0.05) is 41.3 Å². The van der Waals surface area contributed by atoms with E-state index in [2.05, 4.69) is 14.8 Å². The van der Waals surface area contributed by atoms with E-state index in [0.29, 0.717) is 16.3 Å². The lowest BCUT2D eigenvalue weighted by atomic mass is 10.1. The molecule has 0 spiro atoms. The van der Waals surface area contributed by atoms with E-state index in [1.165, 1.54) is 16.9 Å². The number of nitrogens with one attached hydrogen (secondary N) is 2. The van der Waals surface area contributed by atoms with Crippen LogP contribution in [0.15, 0.2) is 59.8 Å². The number of hydrogen-bond donors (Lipinski definition) is 3. The number of benzene rings is 1. The summed E-state index contributed by atoms with van der Waals surface area (Å²) in [5, 5.41) is 13.9. The summed E-state index contributed by atoms with van der Waals surface area (Å²) in [5.74, 6) is 0. The Morgan fingerprint density at radius 1 is 1.07 bits per heavy atom. The van der Waals surface area contributed by atoms with Crippen molar-refractivity contribution in [3.8, 4) is 11.1 Å². The van der Waals surface area contributed by atoms with Gasteiger partial charge >= 0.3 is 16.3 Å². The molecule has 152 valence electrons. The molecule has 0 aliphatic carbocycles. The zero-order valence-corrected chi connectivity index (χ0v) is 16.3. The summed E-state index contributed by atoms with van der Waals surface area (Å²) in [6.45, 7) is 0. The third kappa shape index (κ3) is 3.78. The van der Waals surface area contributed by atoms with E-state index in [1.54, 1.807) is 54.6 Å². The highest BCUT2D eigenvalue weighted by Crippen LogP contribution is 2.23. The minimum Gasteiger partial charge on any atom is -0.464 e. The van der Waals surface area contributed by atoms with Gasteiger partial charge in [-0.25, -0.2) is 9.52 Å². The molecule has 10 nitrogen and oxygen atoms in total. The molecular formula is C19H15N5O5S. The molecule has 11 heteroatoms. The average Bonchev–Trinajstić information content (AvgIpc) is 3.05.